The highest BCUT2D eigenvalue weighted by Gasteiger charge is 2.32. The van der Waals surface area contributed by atoms with E-state index in [9.17, 15) is 23.1 Å². The highest BCUT2D eigenvalue weighted by Crippen LogP contribution is 2.35. The lowest BCUT2D eigenvalue weighted by atomic mass is 10.0. The van der Waals surface area contributed by atoms with Crippen LogP contribution in [0.3, 0.4) is 0 Å². The van der Waals surface area contributed by atoms with Gasteiger partial charge in [0.25, 0.3) is 15.9 Å². The van der Waals surface area contributed by atoms with Gasteiger partial charge in [0.2, 0.25) is 0 Å². The van der Waals surface area contributed by atoms with Gasteiger partial charge in [-0.3, -0.25) is 9.10 Å². The zero-order chi connectivity index (χ0) is 36.8. The molecule has 0 aliphatic rings. The minimum absolute atomic E-state index is 0.0256. The predicted octanol–water partition coefficient (Wildman–Crippen LogP) is 9.80. The number of carbonyl (C=O) groups is 2. The maximum absolute atomic E-state index is 14.5. The van der Waals surface area contributed by atoms with Crippen LogP contribution in [0.5, 0.6) is 0 Å². The van der Waals surface area contributed by atoms with Gasteiger partial charge in [-0.25, -0.2) is 13.2 Å². The smallest absolute Gasteiger partial charge is 0.326 e. The van der Waals surface area contributed by atoms with Crippen LogP contribution in [-0.4, -0.2) is 31.4 Å². The minimum atomic E-state index is -4.45. The van der Waals surface area contributed by atoms with Crippen molar-refractivity contribution in [1.82, 2.24) is 5.32 Å². The van der Waals surface area contributed by atoms with Crippen molar-refractivity contribution >= 4 is 62.4 Å². The maximum Gasteiger partial charge on any atom is 0.326 e. The zero-order valence-corrected chi connectivity index (χ0v) is 30.5. The summed E-state index contributed by atoms with van der Waals surface area (Å²) < 4.78 is 30.0. The van der Waals surface area contributed by atoms with Crippen molar-refractivity contribution in [2.45, 2.75) is 23.9 Å². The van der Waals surface area contributed by atoms with Crippen molar-refractivity contribution in [3.8, 4) is 22.3 Å². The molecule has 0 aromatic heterocycles. The molecule has 0 fully saturated rings. The number of nitrogens with one attached hydrogen (secondary N) is 1. The van der Waals surface area contributed by atoms with E-state index in [1.165, 1.54) is 36.4 Å². The summed E-state index contributed by atoms with van der Waals surface area (Å²) in [5, 5.41) is 13.0. The van der Waals surface area contributed by atoms with E-state index in [1.807, 2.05) is 97.1 Å². The van der Waals surface area contributed by atoms with E-state index in [4.69, 9.17) is 34.8 Å². The van der Waals surface area contributed by atoms with E-state index < -0.39 is 27.9 Å². The summed E-state index contributed by atoms with van der Waals surface area (Å²) in [6.45, 7) is -0.200. The molecule has 0 bridgehead atoms. The molecule has 1 unspecified atom stereocenters. The third kappa shape index (κ3) is 8.49. The molecule has 0 saturated heterocycles. The van der Waals surface area contributed by atoms with E-state index in [-0.39, 0.29) is 44.2 Å². The first kappa shape index (κ1) is 36.7. The molecule has 0 heterocycles. The lowest BCUT2D eigenvalue weighted by molar-refractivity contribution is -0.139. The number of amides is 1. The second-order valence-electron chi connectivity index (χ2n) is 11.9. The SMILES string of the molecule is O=C(NC(Cc1ccc(-c2ccccc2)cc1)C(=O)O)c1cc(Cl)ccc1N(Cc1ccc(-c2ccccc2)cc1)S(=O)(=O)c1ccc(Cl)cc1Cl. The monoisotopic (exact) mass is 768 g/mol. The van der Waals surface area contributed by atoms with Crippen LogP contribution in [0, 0.1) is 0 Å². The second-order valence-corrected chi connectivity index (χ2v) is 15.1. The number of carboxylic acids is 1. The minimum Gasteiger partial charge on any atom is -0.480 e. The average Bonchev–Trinajstić information content (AvgIpc) is 3.14. The van der Waals surface area contributed by atoms with E-state index in [2.05, 4.69) is 5.32 Å². The number of carbonyl (C=O) groups excluding carboxylic acids is 1. The maximum atomic E-state index is 14.5. The van der Waals surface area contributed by atoms with Gasteiger partial charge in [0.15, 0.2) is 0 Å². The zero-order valence-electron chi connectivity index (χ0n) is 27.4. The van der Waals surface area contributed by atoms with E-state index in [1.54, 1.807) is 12.1 Å². The normalized spacial score (nSPS) is 11.8. The number of aliphatic carboxylic acids is 1. The topological polar surface area (TPSA) is 104 Å². The number of nitrogens with zero attached hydrogens (tertiary/aromatic N) is 1. The van der Waals surface area contributed by atoms with Gasteiger partial charge in [-0.1, -0.05) is 144 Å². The summed E-state index contributed by atoms with van der Waals surface area (Å²) in [4.78, 5) is 26.2. The lowest BCUT2D eigenvalue weighted by Gasteiger charge is -2.28. The first-order valence-electron chi connectivity index (χ1n) is 16.1. The van der Waals surface area contributed by atoms with Crippen molar-refractivity contribution in [3.63, 3.8) is 0 Å². The first-order chi connectivity index (χ1) is 25.0. The molecule has 6 rings (SSSR count). The van der Waals surface area contributed by atoms with Crippen LogP contribution in [0.1, 0.15) is 21.5 Å². The van der Waals surface area contributed by atoms with Gasteiger partial charge in [0.1, 0.15) is 10.9 Å². The van der Waals surface area contributed by atoms with Gasteiger partial charge < -0.3 is 10.4 Å². The Bertz CT molecular complexity index is 2320. The molecule has 0 aliphatic heterocycles. The van der Waals surface area contributed by atoms with Gasteiger partial charge in [0, 0.05) is 16.5 Å². The Morgan fingerprint density at radius 2 is 1.13 bits per heavy atom. The van der Waals surface area contributed by atoms with Gasteiger partial charge in [0.05, 0.1) is 22.8 Å². The Balaban J connectivity index is 1.34. The Kier molecular flexibility index (Phi) is 11.3. The van der Waals surface area contributed by atoms with Crippen molar-refractivity contribution in [2.75, 3.05) is 4.31 Å². The van der Waals surface area contributed by atoms with Crippen LogP contribution in [0.2, 0.25) is 15.1 Å². The summed E-state index contributed by atoms with van der Waals surface area (Å²) >= 11 is 18.9. The van der Waals surface area contributed by atoms with E-state index >= 15 is 0 Å². The van der Waals surface area contributed by atoms with Gasteiger partial charge in [-0.15, -0.1) is 0 Å². The van der Waals surface area contributed by atoms with E-state index in [0.717, 1.165) is 26.6 Å². The number of halogens is 3. The Morgan fingerprint density at radius 1 is 0.635 bits per heavy atom. The number of anilines is 1. The fraction of sp³-hybridized carbons (Fsp3) is 0.0732. The van der Waals surface area contributed by atoms with Crippen LogP contribution < -0.4 is 9.62 Å². The summed E-state index contributed by atoms with van der Waals surface area (Å²) in [7, 11) is -4.45. The molecule has 0 spiro atoms. The molecule has 11 heteroatoms. The van der Waals surface area contributed by atoms with Gasteiger partial charge in [-0.2, -0.15) is 0 Å². The largest absolute Gasteiger partial charge is 0.480 e. The summed E-state index contributed by atoms with van der Waals surface area (Å²) in [6.07, 6.45) is -0.0256. The van der Waals surface area contributed by atoms with Crippen LogP contribution in [-0.2, 0) is 27.8 Å². The molecule has 0 aliphatic carbocycles. The molecule has 6 aromatic carbocycles. The van der Waals surface area contributed by atoms with Crippen LogP contribution in [0.15, 0.2) is 150 Å². The summed E-state index contributed by atoms with van der Waals surface area (Å²) in [5.74, 6) is -2.09. The molecule has 0 radical (unpaired) electrons. The highest BCUT2D eigenvalue weighted by molar-refractivity contribution is 7.93. The van der Waals surface area contributed by atoms with E-state index in [0.29, 0.717) is 11.1 Å². The molecule has 6 aromatic rings. The number of hydrogen-bond acceptors (Lipinski definition) is 4. The standard InChI is InChI=1S/C41H31Cl3N2O5S/c42-33-19-21-38(35(24-33)40(47)45-37(41(48)49)23-27-11-15-31(16-12-27)29-7-3-1-4-8-29)46(52(50,51)39-22-20-34(43)25-36(39)44)26-28-13-17-32(18-14-28)30-9-5-2-6-10-30/h1-22,24-25,37H,23,26H2,(H,45,47)(H,48,49). The molecule has 52 heavy (non-hydrogen) atoms. The molecular formula is C41H31Cl3N2O5S. The number of carboxylic acid groups (broad SMARTS) is 1. The number of hydrogen-bond donors (Lipinski definition) is 2. The molecule has 1 atom stereocenters. The molecule has 262 valence electrons. The van der Waals surface area contributed by atoms with Crippen LogP contribution in [0.25, 0.3) is 22.3 Å². The van der Waals surface area contributed by atoms with Crippen molar-refractivity contribution in [2.24, 2.45) is 0 Å². The summed E-state index contributed by atoms with van der Waals surface area (Å²) in [5.41, 5.74) is 5.00. The van der Waals surface area contributed by atoms with Gasteiger partial charge >= 0.3 is 5.97 Å². The molecule has 1 amide bonds. The predicted molar refractivity (Wildman–Crippen MR) is 208 cm³/mol. The Hall–Kier alpha value is -5.12. The van der Waals surface area contributed by atoms with Gasteiger partial charge in [-0.05, 0) is 69.8 Å². The first-order valence-corrected chi connectivity index (χ1v) is 18.7. The second kappa shape index (κ2) is 16.0. The highest BCUT2D eigenvalue weighted by atomic mass is 35.5. The quantitative estimate of drug-likeness (QED) is 0.129. The third-order valence-corrected chi connectivity index (χ3v) is 11.1. The summed E-state index contributed by atoms with van der Waals surface area (Å²) in [6, 6.07) is 41.1. The lowest BCUT2D eigenvalue weighted by Crippen LogP contribution is -2.43. The average molecular weight is 770 g/mol. The number of benzene rings is 6. The molecule has 2 N–H and O–H groups in total. The van der Waals surface area contributed by atoms with Crippen LogP contribution >= 0.6 is 34.8 Å². The van der Waals surface area contributed by atoms with Crippen LogP contribution in [0.4, 0.5) is 5.69 Å². The third-order valence-electron chi connectivity index (χ3n) is 8.43. The van der Waals surface area contributed by atoms with Crippen molar-refractivity contribution in [1.29, 1.82) is 0 Å². The Labute approximate surface area is 317 Å². The molecule has 0 saturated carbocycles. The fourth-order valence-corrected chi connectivity index (χ4v) is 8.14. The molecule has 7 nitrogen and oxygen atoms in total. The number of rotatable bonds is 12. The van der Waals surface area contributed by atoms with Crippen molar-refractivity contribution in [3.05, 3.63) is 177 Å². The van der Waals surface area contributed by atoms with Crippen molar-refractivity contribution < 1.29 is 23.1 Å². The fourth-order valence-electron chi connectivity index (χ4n) is 5.75. The number of sulfonamides is 1. The Morgan fingerprint density at radius 3 is 1.67 bits per heavy atom. The molecular weight excluding hydrogens is 739 g/mol.